The van der Waals surface area contributed by atoms with E-state index in [1.165, 1.54) is 0 Å². The molecule has 2 nitrogen and oxygen atoms in total. The van der Waals surface area contributed by atoms with Crippen LogP contribution in [0.15, 0.2) is 17.6 Å². The van der Waals surface area contributed by atoms with Gasteiger partial charge < -0.3 is 4.74 Å². The number of rotatable bonds is 1. The van der Waals surface area contributed by atoms with Gasteiger partial charge in [-0.15, -0.1) is 12.6 Å². The van der Waals surface area contributed by atoms with E-state index >= 15 is 0 Å². The van der Waals surface area contributed by atoms with Crippen LogP contribution < -0.4 is 0 Å². The molecule has 1 aliphatic heterocycles. The van der Waals surface area contributed by atoms with E-state index in [1.54, 1.807) is 6.08 Å². The lowest BCUT2D eigenvalue weighted by atomic mass is 10.6. The second kappa shape index (κ2) is 2.22. The fourth-order valence-electron chi connectivity index (χ4n) is 0.493. The van der Waals surface area contributed by atoms with Gasteiger partial charge in [-0.05, 0) is 6.08 Å². The lowest BCUT2D eigenvalue weighted by molar-refractivity contribution is 0.343. The average molecular weight is 129 g/mol. The van der Waals surface area contributed by atoms with Crippen LogP contribution in [0.2, 0.25) is 0 Å². The van der Waals surface area contributed by atoms with Gasteiger partial charge in [-0.2, -0.15) is 0 Å². The number of ether oxygens (including phenoxy) is 1. The molecule has 0 N–H and O–H groups in total. The van der Waals surface area contributed by atoms with Crippen molar-refractivity contribution in [1.29, 1.82) is 0 Å². The first-order chi connectivity index (χ1) is 3.83. The standard InChI is InChI=1S/C5H7NOS/c1-2-4-6-5(8)3-7-4/h2,5,8H,1,3H2. The van der Waals surface area contributed by atoms with Gasteiger partial charge in [0.05, 0.1) is 0 Å². The van der Waals surface area contributed by atoms with E-state index in [0.717, 1.165) is 0 Å². The quantitative estimate of drug-likeness (QED) is 0.521. The summed E-state index contributed by atoms with van der Waals surface area (Å²) in [7, 11) is 0. The number of hydrogen-bond donors (Lipinski definition) is 1. The molecule has 8 heavy (non-hydrogen) atoms. The predicted octanol–water partition coefficient (Wildman–Crippen LogP) is 0.857. The molecule has 1 unspecified atom stereocenters. The minimum atomic E-state index is 0.0167. The Hall–Kier alpha value is -0.440. The zero-order valence-electron chi connectivity index (χ0n) is 4.37. The molecule has 0 aromatic rings. The Morgan fingerprint density at radius 2 is 2.75 bits per heavy atom. The molecule has 44 valence electrons. The molecular formula is C5H7NOS. The van der Waals surface area contributed by atoms with Gasteiger partial charge in [0.1, 0.15) is 12.0 Å². The van der Waals surface area contributed by atoms with E-state index < -0.39 is 0 Å². The zero-order valence-corrected chi connectivity index (χ0v) is 5.27. The van der Waals surface area contributed by atoms with Crippen molar-refractivity contribution in [2.75, 3.05) is 6.61 Å². The minimum Gasteiger partial charge on any atom is -0.475 e. The Morgan fingerprint density at radius 1 is 2.00 bits per heavy atom. The first-order valence-corrected chi connectivity index (χ1v) is 2.85. The highest BCUT2D eigenvalue weighted by Crippen LogP contribution is 2.06. The van der Waals surface area contributed by atoms with Crippen molar-refractivity contribution in [3.8, 4) is 0 Å². The zero-order chi connectivity index (χ0) is 5.98. The molecule has 0 aromatic heterocycles. The van der Waals surface area contributed by atoms with Crippen molar-refractivity contribution in [2.45, 2.75) is 5.37 Å². The highest BCUT2D eigenvalue weighted by atomic mass is 32.1. The molecule has 0 saturated carbocycles. The Bertz CT molecular complexity index is 132. The summed E-state index contributed by atoms with van der Waals surface area (Å²) < 4.78 is 4.97. The molecule has 0 aromatic carbocycles. The molecule has 1 aliphatic rings. The summed E-state index contributed by atoms with van der Waals surface area (Å²) in [5, 5.41) is 0.0167. The average Bonchev–Trinajstić information content (AvgIpc) is 2.14. The highest BCUT2D eigenvalue weighted by Gasteiger charge is 2.10. The normalized spacial score (nSPS) is 26.6. The Labute approximate surface area is 53.7 Å². The fraction of sp³-hybridized carbons (Fsp3) is 0.400. The third kappa shape index (κ3) is 1.04. The van der Waals surface area contributed by atoms with Gasteiger partial charge in [0.25, 0.3) is 0 Å². The predicted molar refractivity (Wildman–Crippen MR) is 36.4 cm³/mol. The summed E-state index contributed by atoms with van der Waals surface area (Å²) >= 11 is 4.05. The number of hydrogen-bond acceptors (Lipinski definition) is 3. The molecule has 0 amide bonds. The van der Waals surface area contributed by atoms with Crippen molar-refractivity contribution >= 4 is 18.5 Å². The molecule has 1 atom stereocenters. The Balaban J connectivity index is 2.56. The van der Waals surface area contributed by atoms with E-state index in [4.69, 9.17) is 4.74 Å². The summed E-state index contributed by atoms with van der Waals surface area (Å²) in [6, 6.07) is 0. The molecule has 0 radical (unpaired) electrons. The maximum atomic E-state index is 4.97. The van der Waals surface area contributed by atoms with Gasteiger partial charge in [-0.25, -0.2) is 4.99 Å². The molecule has 0 spiro atoms. The molecule has 0 bridgehead atoms. The van der Waals surface area contributed by atoms with Crippen LogP contribution >= 0.6 is 12.6 Å². The van der Waals surface area contributed by atoms with Crippen molar-refractivity contribution in [3.63, 3.8) is 0 Å². The molecule has 0 fully saturated rings. The van der Waals surface area contributed by atoms with E-state index in [-0.39, 0.29) is 5.37 Å². The lowest BCUT2D eigenvalue weighted by Gasteiger charge is -1.90. The van der Waals surface area contributed by atoms with Crippen LogP contribution in [0.5, 0.6) is 0 Å². The second-order valence-corrected chi connectivity index (χ2v) is 2.06. The topological polar surface area (TPSA) is 21.6 Å². The molecule has 0 aliphatic carbocycles. The molecule has 3 heteroatoms. The number of aliphatic imine (C=N–C) groups is 1. The molecule has 0 saturated heterocycles. The third-order valence-corrected chi connectivity index (χ3v) is 1.10. The maximum Gasteiger partial charge on any atom is 0.209 e. The Kier molecular flexibility index (Phi) is 1.58. The summed E-state index contributed by atoms with van der Waals surface area (Å²) in [6.45, 7) is 4.06. The highest BCUT2D eigenvalue weighted by molar-refractivity contribution is 7.81. The van der Waals surface area contributed by atoms with Crippen LogP contribution in [0.1, 0.15) is 0 Å². The van der Waals surface area contributed by atoms with Gasteiger partial charge >= 0.3 is 0 Å². The maximum absolute atomic E-state index is 4.97. The SMILES string of the molecule is C=CC1=NC(S)CO1. The van der Waals surface area contributed by atoms with Crippen LogP contribution in [-0.4, -0.2) is 17.9 Å². The minimum absolute atomic E-state index is 0.0167. The van der Waals surface area contributed by atoms with Crippen molar-refractivity contribution < 1.29 is 4.74 Å². The van der Waals surface area contributed by atoms with Gasteiger partial charge in [0.15, 0.2) is 0 Å². The second-order valence-electron chi connectivity index (χ2n) is 1.46. The van der Waals surface area contributed by atoms with Crippen LogP contribution in [0.25, 0.3) is 0 Å². The summed E-state index contributed by atoms with van der Waals surface area (Å²) in [4.78, 5) is 3.95. The van der Waals surface area contributed by atoms with Crippen LogP contribution in [-0.2, 0) is 4.74 Å². The van der Waals surface area contributed by atoms with E-state index in [9.17, 15) is 0 Å². The van der Waals surface area contributed by atoms with Gasteiger partial charge in [-0.3, -0.25) is 0 Å². The largest absolute Gasteiger partial charge is 0.475 e. The fourth-order valence-corrected chi connectivity index (χ4v) is 0.681. The van der Waals surface area contributed by atoms with Gasteiger partial charge in [-0.1, -0.05) is 6.58 Å². The number of thiol groups is 1. The molecular weight excluding hydrogens is 122 g/mol. The summed E-state index contributed by atoms with van der Waals surface area (Å²) in [5.41, 5.74) is 0. The van der Waals surface area contributed by atoms with E-state index in [2.05, 4.69) is 24.2 Å². The van der Waals surface area contributed by atoms with Crippen molar-refractivity contribution in [2.24, 2.45) is 4.99 Å². The van der Waals surface area contributed by atoms with E-state index in [0.29, 0.717) is 12.5 Å². The Morgan fingerprint density at radius 3 is 3.00 bits per heavy atom. The van der Waals surface area contributed by atoms with Crippen molar-refractivity contribution in [3.05, 3.63) is 12.7 Å². The number of nitrogens with zero attached hydrogens (tertiary/aromatic N) is 1. The van der Waals surface area contributed by atoms with Gasteiger partial charge in [0, 0.05) is 0 Å². The first-order valence-electron chi connectivity index (χ1n) is 2.34. The molecule has 1 heterocycles. The smallest absolute Gasteiger partial charge is 0.209 e. The summed E-state index contributed by atoms with van der Waals surface area (Å²) in [5.74, 6) is 0.602. The van der Waals surface area contributed by atoms with Gasteiger partial charge in [0.2, 0.25) is 5.90 Å². The van der Waals surface area contributed by atoms with E-state index in [1.807, 2.05) is 0 Å². The third-order valence-electron chi connectivity index (χ3n) is 0.831. The molecule has 1 rings (SSSR count). The van der Waals surface area contributed by atoms with Crippen LogP contribution in [0, 0.1) is 0 Å². The summed E-state index contributed by atoms with van der Waals surface area (Å²) in [6.07, 6.45) is 1.58. The monoisotopic (exact) mass is 129 g/mol. The van der Waals surface area contributed by atoms with Crippen LogP contribution in [0.4, 0.5) is 0 Å². The van der Waals surface area contributed by atoms with Crippen LogP contribution in [0.3, 0.4) is 0 Å². The first kappa shape index (κ1) is 5.69. The lowest BCUT2D eigenvalue weighted by Crippen LogP contribution is -1.95. The van der Waals surface area contributed by atoms with Crippen molar-refractivity contribution in [1.82, 2.24) is 0 Å².